The van der Waals surface area contributed by atoms with Gasteiger partial charge < -0.3 is 10.1 Å². The van der Waals surface area contributed by atoms with Crippen molar-refractivity contribution in [3.8, 4) is 5.75 Å². The Labute approximate surface area is 172 Å². The minimum atomic E-state index is -0.192. The van der Waals surface area contributed by atoms with Gasteiger partial charge in [-0.05, 0) is 24.3 Å². The molecule has 0 aromatic heterocycles. The van der Waals surface area contributed by atoms with Gasteiger partial charge in [0.2, 0.25) is 17.0 Å². The summed E-state index contributed by atoms with van der Waals surface area (Å²) >= 11 is 7.29. The fraction of sp³-hybridized carbons (Fsp3) is 0.150. The number of aliphatic imine (C=N–C) groups is 1. The van der Waals surface area contributed by atoms with E-state index in [0.717, 1.165) is 0 Å². The maximum absolute atomic E-state index is 12.2. The van der Waals surface area contributed by atoms with E-state index in [2.05, 4.69) is 22.0 Å². The Morgan fingerprint density at radius 3 is 2.75 bits per heavy atom. The maximum Gasteiger partial charge on any atom is 0.234 e. The van der Waals surface area contributed by atoms with E-state index in [4.69, 9.17) is 16.3 Å². The number of amidine groups is 1. The van der Waals surface area contributed by atoms with Crippen LogP contribution in [-0.4, -0.2) is 40.8 Å². The summed E-state index contributed by atoms with van der Waals surface area (Å²) in [5, 5.41) is 9.94. The smallest absolute Gasteiger partial charge is 0.234 e. The van der Waals surface area contributed by atoms with E-state index in [1.54, 1.807) is 29.3 Å². The molecular formula is C20H19ClN4O2S. The van der Waals surface area contributed by atoms with Crippen LogP contribution in [0.15, 0.2) is 77.3 Å². The molecule has 3 rings (SSSR count). The molecule has 144 valence electrons. The third-order valence-electron chi connectivity index (χ3n) is 3.56. The monoisotopic (exact) mass is 414 g/mol. The largest absolute Gasteiger partial charge is 0.441 e. The van der Waals surface area contributed by atoms with E-state index < -0.39 is 0 Å². The van der Waals surface area contributed by atoms with Gasteiger partial charge in [0.15, 0.2) is 0 Å². The first-order valence-electron chi connectivity index (χ1n) is 8.56. The Morgan fingerprint density at radius 1 is 1.25 bits per heavy atom. The number of amides is 1. The number of thioether (sulfide) groups is 1. The number of ether oxygens (including phenoxy) is 1. The molecule has 1 aliphatic rings. The highest BCUT2D eigenvalue weighted by Crippen LogP contribution is 2.21. The van der Waals surface area contributed by atoms with Gasteiger partial charge in [0.25, 0.3) is 0 Å². The Balaban J connectivity index is 1.63. The van der Waals surface area contributed by atoms with Crippen LogP contribution in [-0.2, 0) is 4.79 Å². The maximum atomic E-state index is 12.2. The first-order chi connectivity index (χ1) is 13.6. The molecular weight excluding hydrogens is 396 g/mol. The van der Waals surface area contributed by atoms with Gasteiger partial charge in [-0.2, -0.15) is 4.99 Å². The summed E-state index contributed by atoms with van der Waals surface area (Å²) in [4.78, 5) is 16.7. The highest BCUT2D eigenvalue weighted by atomic mass is 35.5. The number of benzene rings is 2. The quantitative estimate of drug-likeness (QED) is 0.717. The molecule has 0 radical (unpaired) electrons. The van der Waals surface area contributed by atoms with Crippen molar-refractivity contribution in [3.63, 3.8) is 0 Å². The molecule has 8 heteroatoms. The molecule has 1 aliphatic heterocycles. The first-order valence-corrected chi connectivity index (χ1v) is 9.92. The van der Waals surface area contributed by atoms with E-state index >= 15 is 0 Å². The number of halogens is 1. The summed E-state index contributed by atoms with van der Waals surface area (Å²) < 4.78 is 5.84. The van der Waals surface area contributed by atoms with Crippen molar-refractivity contribution in [2.45, 2.75) is 0 Å². The number of rotatable bonds is 6. The molecule has 0 saturated heterocycles. The number of nitrogens with one attached hydrogen (secondary N) is 1. The number of carbonyl (C=O) groups excluding carboxylic acids is 1. The van der Waals surface area contributed by atoms with Crippen molar-refractivity contribution in [1.29, 1.82) is 0 Å². The summed E-state index contributed by atoms with van der Waals surface area (Å²) in [5.74, 6) is 1.16. The van der Waals surface area contributed by atoms with Crippen molar-refractivity contribution >= 4 is 46.0 Å². The van der Waals surface area contributed by atoms with Gasteiger partial charge in [0.05, 0.1) is 23.0 Å². The van der Waals surface area contributed by atoms with Crippen molar-refractivity contribution in [2.75, 3.05) is 24.2 Å². The second-order valence-corrected chi connectivity index (χ2v) is 7.11. The molecule has 0 aliphatic carbocycles. The summed E-state index contributed by atoms with van der Waals surface area (Å²) in [6, 6.07) is 16.5. The zero-order valence-corrected chi connectivity index (χ0v) is 16.6. The average Bonchev–Trinajstić information content (AvgIpc) is 2.69. The van der Waals surface area contributed by atoms with Crippen molar-refractivity contribution < 1.29 is 9.53 Å². The fourth-order valence-corrected chi connectivity index (χ4v) is 3.21. The van der Waals surface area contributed by atoms with Gasteiger partial charge in [-0.1, -0.05) is 59.8 Å². The number of nitrogens with zero attached hydrogens (tertiary/aromatic N) is 3. The highest BCUT2D eigenvalue weighted by Gasteiger charge is 2.18. The van der Waals surface area contributed by atoms with Crippen LogP contribution >= 0.6 is 23.4 Å². The van der Waals surface area contributed by atoms with Crippen LogP contribution in [0.5, 0.6) is 5.75 Å². The Hall–Kier alpha value is -2.77. The normalized spacial score (nSPS) is 13.4. The Bertz CT molecular complexity index is 902. The van der Waals surface area contributed by atoms with Gasteiger partial charge in [-0.15, -0.1) is 11.7 Å². The lowest BCUT2D eigenvalue weighted by molar-refractivity contribution is -0.113. The van der Waals surface area contributed by atoms with Crippen molar-refractivity contribution in [1.82, 2.24) is 5.01 Å². The van der Waals surface area contributed by atoms with Gasteiger partial charge >= 0.3 is 0 Å². The van der Waals surface area contributed by atoms with Gasteiger partial charge in [0, 0.05) is 0 Å². The number of anilines is 1. The van der Waals surface area contributed by atoms with Crippen molar-refractivity contribution in [2.24, 2.45) is 10.1 Å². The number of hydrogen-bond donors (Lipinski definition) is 1. The zero-order valence-electron chi connectivity index (χ0n) is 15.0. The third-order valence-corrected chi connectivity index (χ3v) is 4.73. The molecule has 6 nitrogen and oxygen atoms in total. The van der Waals surface area contributed by atoms with Gasteiger partial charge in [0.1, 0.15) is 12.3 Å². The molecule has 2 aromatic rings. The number of para-hydroxylation sites is 2. The topological polar surface area (TPSA) is 66.3 Å². The molecule has 0 atom stereocenters. The molecule has 28 heavy (non-hydrogen) atoms. The van der Waals surface area contributed by atoms with Crippen LogP contribution in [0.4, 0.5) is 5.69 Å². The zero-order chi connectivity index (χ0) is 19.8. The number of carbonyl (C=O) groups is 1. The molecule has 2 aromatic carbocycles. The predicted molar refractivity (Wildman–Crippen MR) is 116 cm³/mol. The molecule has 0 saturated carbocycles. The fourth-order valence-electron chi connectivity index (χ4n) is 2.35. The van der Waals surface area contributed by atoms with Crippen LogP contribution < -0.4 is 10.1 Å². The van der Waals surface area contributed by atoms with Crippen LogP contribution in [0.1, 0.15) is 0 Å². The van der Waals surface area contributed by atoms with E-state index in [1.165, 1.54) is 11.8 Å². The van der Waals surface area contributed by atoms with Crippen LogP contribution in [0, 0.1) is 0 Å². The second kappa shape index (κ2) is 9.96. The van der Waals surface area contributed by atoms with E-state index in [1.807, 2.05) is 36.4 Å². The molecule has 1 heterocycles. The summed E-state index contributed by atoms with van der Waals surface area (Å²) in [7, 11) is 0. The lowest BCUT2D eigenvalue weighted by Gasteiger charge is -2.23. The van der Waals surface area contributed by atoms with E-state index in [9.17, 15) is 4.79 Å². The van der Waals surface area contributed by atoms with E-state index in [0.29, 0.717) is 40.6 Å². The second-order valence-electron chi connectivity index (χ2n) is 5.76. The van der Waals surface area contributed by atoms with Crippen LogP contribution in [0.2, 0.25) is 5.02 Å². The Morgan fingerprint density at radius 2 is 2.00 bits per heavy atom. The van der Waals surface area contributed by atoms with Gasteiger partial charge in [-0.3, -0.25) is 9.80 Å². The van der Waals surface area contributed by atoms with Crippen molar-refractivity contribution in [3.05, 3.63) is 72.3 Å². The third kappa shape index (κ3) is 5.87. The standard InChI is InChI=1S/C20H19ClN4O2S/c1-2-12-25-13-19(27-15-8-4-3-5-9-15)23-20(24-25)28-14-18(26)22-17-11-7-6-10-16(17)21/h2-11H,1,12-14H2,(H,22,26). The number of hydrazone groups is 1. The minimum absolute atomic E-state index is 0.147. The summed E-state index contributed by atoms with van der Waals surface area (Å²) in [6.07, 6.45) is 1.75. The van der Waals surface area contributed by atoms with Crippen LogP contribution in [0.25, 0.3) is 0 Å². The molecule has 0 fully saturated rings. The number of hydrogen-bond acceptors (Lipinski definition) is 6. The van der Waals surface area contributed by atoms with E-state index in [-0.39, 0.29) is 11.7 Å². The first kappa shape index (κ1) is 20.0. The molecule has 0 unspecified atom stereocenters. The van der Waals surface area contributed by atoms with Gasteiger partial charge in [-0.25, -0.2) is 0 Å². The average molecular weight is 415 g/mol. The lowest BCUT2D eigenvalue weighted by Crippen LogP contribution is -2.33. The molecule has 0 bridgehead atoms. The Kier molecular flexibility index (Phi) is 7.11. The predicted octanol–water partition coefficient (Wildman–Crippen LogP) is 4.26. The summed E-state index contributed by atoms with van der Waals surface area (Å²) in [6.45, 7) is 4.72. The van der Waals surface area contributed by atoms with Crippen LogP contribution in [0.3, 0.4) is 0 Å². The minimum Gasteiger partial charge on any atom is -0.441 e. The highest BCUT2D eigenvalue weighted by molar-refractivity contribution is 8.14. The molecule has 1 amide bonds. The molecule has 1 N–H and O–H groups in total. The lowest BCUT2D eigenvalue weighted by atomic mass is 10.3. The SMILES string of the molecule is C=CCN1CC(Oc2ccccc2)=NC(SCC(=O)Nc2ccccc2Cl)=N1. The molecule has 0 spiro atoms. The summed E-state index contributed by atoms with van der Waals surface area (Å²) in [5.41, 5.74) is 0.574.